The third-order valence-corrected chi connectivity index (χ3v) is 5.51. The molecule has 7 heteroatoms. The Bertz CT molecular complexity index is 1360. The van der Waals surface area contributed by atoms with Crippen LogP contribution in [0.4, 0.5) is 0 Å². The highest BCUT2D eigenvalue weighted by atomic mass is 32.2. The van der Waals surface area contributed by atoms with Crippen LogP contribution < -0.4 is 5.14 Å². The first-order valence-corrected chi connectivity index (χ1v) is 10.6. The molecular formula is C23H18N4O2S. The summed E-state index contributed by atoms with van der Waals surface area (Å²) in [5.41, 5.74) is 5.27. The van der Waals surface area contributed by atoms with Gasteiger partial charge >= 0.3 is 0 Å². The van der Waals surface area contributed by atoms with Crippen molar-refractivity contribution in [3.63, 3.8) is 0 Å². The molecule has 0 saturated carbocycles. The Hall–Kier alpha value is -3.73. The summed E-state index contributed by atoms with van der Waals surface area (Å²) in [6, 6.07) is 18.3. The fourth-order valence-corrected chi connectivity index (χ4v) is 3.68. The van der Waals surface area contributed by atoms with E-state index in [1.807, 2.05) is 49.6 Å². The van der Waals surface area contributed by atoms with E-state index in [1.165, 1.54) is 12.1 Å². The largest absolute Gasteiger partial charge is 0.267 e. The molecule has 6 nitrogen and oxygen atoms in total. The number of primary sulfonamides is 1. The molecule has 0 saturated heterocycles. The maximum atomic E-state index is 11.5. The van der Waals surface area contributed by atoms with E-state index in [-0.39, 0.29) is 4.90 Å². The molecular weight excluding hydrogens is 396 g/mol. The fraction of sp³-hybridized carbons (Fsp3) is 0.0435. The number of aromatic nitrogens is 3. The molecule has 0 radical (unpaired) electrons. The van der Waals surface area contributed by atoms with Gasteiger partial charge in [0.15, 0.2) is 0 Å². The predicted molar refractivity (Wildman–Crippen MR) is 116 cm³/mol. The molecule has 0 amide bonds. The van der Waals surface area contributed by atoms with Gasteiger partial charge in [0.05, 0.1) is 22.3 Å². The van der Waals surface area contributed by atoms with Gasteiger partial charge in [-0.1, -0.05) is 48.2 Å². The minimum Gasteiger partial charge on any atom is -0.267 e. The van der Waals surface area contributed by atoms with E-state index in [4.69, 9.17) is 5.14 Å². The van der Waals surface area contributed by atoms with Gasteiger partial charge in [-0.15, -0.1) is 0 Å². The van der Waals surface area contributed by atoms with E-state index < -0.39 is 10.0 Å². The number of pyridine rings is 1. The Labute approximate surface area is 175 Å². The Kier molecular flexibility index (Phi) is 5.19. The van der Waals surface area contributed by atoms with E-state index in [0.29, 0.717) is 5.56 Å². The third kappa shape index (κ3) is 4.15. The van der Waals surface area contributed by atoms with Gasteiger partial charge < -0.3 is 0 Å². The summed E-state index contributed by atoms with van der Waals surface area (Å²) in [4.78, 5) is 4.19. The van der Waals surface area contributed by atoms with Gasteiger partial charge in [-0.25, -0.2) is 13.6 Å². The van der Waals surface area contributed by atoms with Crippen molar-refractivity contribution in [1.82, 2.24) is 14.8 Å². The molecule has 0 atom stereocenters. The number of nitrogens with zero attached hydrogens (tertiary/aromatic N) is 3. The van der Waals surface area contributed by atoms with Crippen LogP contribution in [-0.2, 0) is 17.1 Å². The van der Waals surface area contributed by atoms with Crippen LogP contribution in [-0.4, -0.2) is 23.2 Å². The zero-order chi connectivity index (χ0) is 21.1. The van der Waals surface area contributed by atoms with Crippen LogP contribution in [0.25, 0.3) is 22.4 Å². The average molecular weight is 414 g/mol. The van der Waals surface area contributed by atoms with E-state index >= 15 is 0 Å². The molecule has 2 aromatic carbocycles. The predicted octanol–water partition coefficient (Wildman–Crippen LogP) is 3.20. The van der Waals surface area contributed by atoms with Crippen molar-refractivity contribution in [2.75, 3.05) is 0 Å². The van der Waals surface area contributed by atoms with Gasteiger partial charge in [0, 0.05) is 30.6 Å². The summed E-state index contributed by atoms with van der Waals surface area (Å²) in [5.74, 6) is 6.10. The topological polar surface area (TPSA) is 90.9 Å². The van der Waals surface area contributed by atoms with Crippen LogP contribution in [0.3, 0.4) is 0 Å². The van der Waals surface area contributed by atoms with Crippen molar-refractivity contribution in [1.29, 1.82) is 0 Å². The molecule has 4 aromatic rings. The van der Waals surface area contributed by atoms with Crippen LogP contribution in [0.15, 0.2) is 84.1 Å². The van der Waals surface area contributed by atoms with Crippen molar-refractivity contribution < 1.29 is 8.42 Å². The Morgan fingerprint density at radius 3 is 2.37 bits per heavy atom. The molecule has 30 heavy (non-hydrogen) atoms. The first-order valence-electron chi connectivity index (χ1n) is 9.09. The van der Waals surface area contributed by atoms with Crippen LogP contribution in [0.2, 0.25) is 0 Å². The van der Waals surface area contributed by atoms with Crippen LogP contribution in [0.5, 0.6) is 0 Å². The first-order chi connectivity index (χ1) is 14.4. The quantitative estimate of drug-likeness (QED) is 0.521. The summed E-state index contributed by atoms with van der Waals surface area (Å²) in [7, 11) is -1.91. The van der Waals surface area contributed by atoms with Crippen molar-refractivity contribution in [3.8, 4) is 34.2 Å². The van der Waals surface area contributed by atoms with Crippen LogP contribution in [0.1, 0.15) is 11.1 Å². The summed E-state index contributed by atoms with van der Waals surface area (Å²) in [6.07, 6.45) is 5.27. The van der Waals surface area contributed by atoms with Gasteiger partial charge in [-0.05, 0) is 35.4 Å². The maximum absolute atomic E-state index is 11.5. The number of nitrogens with two attached hydrogens (primary N) is 1. The number of rotatable bonds is 3. The second kappa shape index (κ2) is 7.95. The van der Waals surface area contributed by atoms with Gasteiger partial charge in [0.2, 0.25) is 10.0 Å². The SMILES string of the molecule is Cn1ncc(C#Cc2cccc(S(N)(=O)=O)c2)c1-c1ccc(-c2cccnc2)cc1. The highest BCUT2D eigenvalue weighted by Gasteiger charge is 2.10. The molecule has 2 N–H and O–H groups in total. The van der Waals surface area contributed by atoms with Crippen LogP contribution >= 0.6 is 0 Å². The molecule has 0 unspecified atom stereocenters. The fourth-order valence-electron chi connectivity index (χ4n) is 3.12. The molecule has 2 heterocycles. The van der Waals surface area contributed by atoms with Gasteiger partial charge in [-0.3, -0.25) is 9.67 Å². The molecule has 0 bridgehead atoms. The minimum atomic E-state index is -3.77. The number of hydrogen-bond donors (Lipinski definition) is 1. The monoisotopic (exact) mass is 414 g/mol. The molecule has 0 aliphatic carbocycles. The molecule has 148 valence electrons. The van der Waals surface area contributed by atoms with E-state index in [0.717, 1.165) is 27.9 Å². The third-order valence-electron chi connectivity index (χ3n) is 4.60. The lowest BCUT2D eigenvalue weighted by Crippen LogP contribution is -2.11. The Morgan fingerprint density at radius 2 is 1.67 bits per heavy atom. The van der Waals surface area contributed by atoms with Crippen LogP contribution in [0, 0.1) is 11.8 Å². The van der Waals surface area contributed by atoms with E-state index in [1.54, 1.807) is 29.2 Å². The molecule has 2 aromatic heterocycles. The summed E-state index contributed by atoms with van der Waals surface area (Å²) >= 11 is 0. The number of sulfonamides is 1. The molecule has 0 aliphatic rings. The molecule has 4 rings (SSSR count). The van der Waals surface area contributed by atoms with Crippen molar-refractivity contribution in [3.05, 3.63) is 90.4 Å². The lowest BCUT2D eigenvalue weighted by Gasteiger charge is -2.06. The Morgan fingerprint density at radius 1 is 0.900 bits per heavy atom. The molecule has 0 aliphatic heterocycles. The van der Waals surface area contributed by atoms with E-state index in [2.05, 4.69) is 21.9 Å². The second-order valence-electron chi connectivity index (χ2n) is 6.67. The lowest BCUT2D eigenvalue weighted by molar-refractivity contribution is 0.598. The van der Waals surface area contributed by atoms with Gasteiger partial charge in [0.1, 0.15) is 0 Å². The maximum Gasteiger partial charge on any atom is 0.238 e. The molecule has 0 spiro atoms. The van der Waals surface area contributed by atoms with E-state index in [9.17, 15) is 8.42 Å². The Balaban J connectivity index is 1.68. The van der Waals surface area contributed by atoms with Crippen molar-refractivity contribution in [2.45, 2.75) is 4.90 Å². The van der Waals surface area contributed by atoms with Gasteiger partial charge in [0.25, 0.3) is 0 Å². The standard InChI is InChI=1S/C23H18N4O2S/c1-27-23(19-11-9-18(10-12-19)20-5-3-13-25-15-20)21(16-26-27)8-7-17-4-2-6-22(14-17)30(24,28)29/h2-6,9-16H,1H3,(H2,24,28,29). The smallest absolute Gasteiger partial charge is 0.238 e. The lowest BCUT2D eigenvalue weighted by atomic mass is 10.0. The summed E-state index contributed by atoms with van der Waals surface area (Å²) in [6.45, 7) is 0. The zero-order valence-corrected chi connectivity index (χ0v) is 17.0. The van der Waals surface area contributed by atoms with Gasteiger partial charge in [-0.2, -0.15) is 5.10 Å². The first kappa shape index (κ1) is 19.6. The van der Waals surface area contributed by atoms with Crippen molar-refractivity contribution in [2.24, 2.45) is 12.2 Å². The highest BCUT2D eigenvalue weighted by molar-refractivity contribution is 7.89. The van der Waals surface area contributed by atoms with Crippen molar-refractivity contribution >= 4 is 10.0 Å². The normalized spacial score (nSPS) is 11.0. The molecule has 0 fully saturated rings. The highest BCUT2D eigenvalue weighted by Crippen LogP contribution is 2.26. The number of hydrogen-bond acceptors (Lipinski definition) is 4. The summed E-state index contributed by atoms with van der Waals surface area (Å²) in [5, 5.41) is 9.53. The second-order valence-corrected chi connectivity index (χ2v) is 8.23. The zero-order valence-electron chi connectivity index (χ0n) is 16.1. The average Bonchev–Trinajstić information content (AvgIpc) is 3.13. The number of benzene rings is 2. The minimum absolute atomic E-state index is 0.0340. The summed E-state index contributed by atoms with van der Waals surface area (Å²) < 4.78 is 24.9. The number of aryl methyl sites for hydroxylation is 1.